The Kier molecular flexibility index (Phi) is 2.22. The van der Waals surface area contributed by atoms with Crippen LogP contribution in [0.15, 0.2) is 30.3 Å². The maximum Gasteiger partial charge on any atom is 0.128 e. The van der Waals surface area contributed by atoms with Gasteiger partial charge in [-0.25, -0.2) is 0 Å². The van der Waals surface area contributed by atoms with Crippen molar-refractivity contribution < 1.29 is 9.84 Å². The average molecular weight is 209 g/mol. The predicted molar refractivity (Wildman–Crippen MR) is 57.2 cm³/mol. The van der Waals surface area contributed by atoms with E-state index in [4.69, 9.17) is 16.3 Å². The van der Waals surface area contributed by atoms with E-state index in [0.29, 0.717) is 16.2 Å². The first-order chi connectivity index (χ1) is 6.74. The molecule has 1 N–H and O–H groups in total. The van der Waals surface area contributed by atoms with Crippen molar-refractivity contribution in [2.75, 3.05) is 7.11 Å². The first-order valence-corrected chi connectivity index (χ1v) is 4.56. The zero-order valence-electron chi connectivity index (χ0n) is 7.62. The number of ether oxygens (including phenoxy) is 1. The molecule has 0 unspecified atom stereocenters. The Hall–Kier alpha value is -1.41. The molecule has 0 aliphatic heterocycles. The van der Waals surface area contributed by atoms with Crippen molar-refractivity contribution in [2.45, 2.75) is 0 Å². The highest BCUT2D eigenvalue weighted by molar-refractivity contribution is 6.36. The largest absolute Gasteiger partial charge is 0.507 e. The van der Waals surface area contributed by atoms with Crippen LogP contribution >= 0.6 is 11.6 Å². The molecule has 0 aliphatic rings. The molecule has 0 fully saturated rings. The molecule has 2 rings (SSSR count). The van der Waals surface area contributed by atoms with E-state index in [-0.39, 0.29) is 5.75 Å². The van der Waals surface area contributed by atoms with E-state index in [2.05, 4.69) is 0 Å². The van der Waals surface area contributed by atoms with Crippen LogP contribution < -0.4 is 4.74 Å². The lowest BCUT2D eigenvalue weighted by Gasteiger charge is -2.07. The normalized spacial score (nSPS) is 10.4. The first-order valence-electron chi connectivity index (χ1n) is 4.18. The summed E-state index contributed by atoms with van der Waals surface area (Å²) >= 11 is 6.02. The SMILES string of the molecule is COc1ccc(O)c2cccc(Cl)c12. The van der Waals surface area contributed by atoms with Gasteiger partial charge < -0.3 is 9.84 Å². The summed E-state index contributed by atoms with van der Waals surface area (Å²) in [7, 11) is 1.58. The van der Waals surface area contributed by atoms with Crippen molar-refractivity contribution in [3.05, 3.63) is 35.4 Å². The molecular formula is C11H9ClO2. The lowest BCUT2D eigenvalue weighted by atomic mass is 10.1. The molecule has 0 spiro atoms. The number of phenols is 1. The van der Waals surface area contributed by atoms with Crippen molar-refractivity contribution >= 4 is 22.4 Å². The predicted octanol–water partition coefficient (Wildman–Crippen LogP) is 3.21. The Morgan fingerprint density at radius 1 is 1.21 bits per heavy atom. The molecule has 2 aromatic carbocycles. The highest BCUT2D eigenvalue weighted by Crippen LogP contribution is 2.36. The molecule has 0 aromatic heterocycles. The summed E-state index contributed by atoms with van der Waals surface area (Å²) in [6.07, 6.45) is 0. The van der Waals surface area contributed by atoms with Crippen LogP contribution in [0, 0.1) is 0 Å². The Labute approximate surface area is 86.7 Å². The van der Waals surface area contributed by atoms with E-state index in [1.165, 1.54) is 0 Å². The summed E-state index contributed by atoms with van der Waals surface area (Å²) in [4.78, 5) is 0. The maximum atomic E-state index is 9.60. The van der Waals surface area contributed by atoms with Gasteiger partial charge in [-0.15, -0.1) is 0 Å². The molecule has 2 nitrogen and oxygen atoms in total. The number of halogens is 1. The van der Waals surface area contributed by atoms with Gasteiger partial charge in [-0.1, -0.05) is 23.7 Å². The van der Waals surface area contributed by atoms with Crippen LogP contribution in [0.5, 0.6) is 11.5 Å². The summed E-state index contributed by atoms with van der Waals surface area (Å²) in [5.41, 5.74) is 0. The molecule has 0 amide bonds. The monoisotopic (exact) mass is 208 g/mol. The second-order valence-electron chi connectivity index (χ2n) is 2.95. The summed E-state index contributed by atoms with van der Waals surface area (Å²) in [6.45, 7) is 0. The van der Waals surface area contributed by atoms with E-state index in [1.54, 1.807) is 37.4 Å². The average Bonchev–Trinajstić information content (AvgIpc) is 2.20. The summed E-state index contributed by atoms with van der Waals surface area (Å²) in [5, 5.41) is 11.6. The Balaban J connectivity index is 2.92. The van der Waals surface area contributed by atoms with Gasteiger partial charge in [-0.05, 0) is 18.2 Å². The van der Waals surface area contributed by atoms with E-state index in [1.807, 2.05) is 0 Å². The van der Waals surface area contributed by atoms with Crippen LogP contribution in [0.2, 0.25) is 5.02 Å². The molecule has 72 valence electrons. The van der Waals surface area contributed by atoms with Gasteiger partial charge in [0.1, 0.15) is 11.5 Å². The second-order valence-corrected chi connectivity index (χ2v) is 3.36. The smallest absolute Gasteiger partial charge is 0.128 e. The zero-order valence-corrected chi connectivity index (χ0v) is 8.38. The van der Waals surface area contributed by atoms with Gasteiger partial charge in [-0.2, -0.15) is 0 Å². The van der Waals surface area contributed by atoms with Gasteiger partial charge >= 0.3 is 0 Å². The third-order valence-corrected chi connectivity index (χ3v) is 2.46. The summed E-state index contributed by atoms with van der Waals surface area (Å²) in [6, 6.07) is 8.66. The van der Waals surface area contributed by atoms with Crippen LogP contribution in [0.25, 0.3) is 10.8 Å². The molecule has 0 aliphatic carbocycles. The molecule has 3 heteroatoms. The van der Waals surface area contributed by atoms with E-state index >= 15 is 0 Å². The van der Waals surface area contributed by atoms with Gasteiger partial charge in [-0.3, -0.25) is 0 Å². The lowest BCUT2D eigenvalue weighted by molar-refractivity contribution is 0.418. The number of fused-ring (bicyclic) bond motifs is 1. The third kappa shape index (κ3) is 1.28. The van der Waals surface area contributed by atoms with E-state index < -0.39 is 0 Å². The van der Waals surface area contributed by atoms with Gasteiger partial charge in [0.05, 0.1) is 12.1 Å². The minimum absolute atomic E-state index is 0.211. The molecule has 2 aromatic rings. The van der Waals surface area contributed by atoms with Crippen molar-refractivity contribution in [3.63, 3.8) is 0 Å². The van der Waals surface area contributed by atoms with Crippen LogP contribution in [0.3, 0.4) is 0 Å². The highest BCUT2D eigenvalue weighted by atomic mass is 35.5. The van der Waals surface area contributed by atoms with Crippen molar-refractivity contribution in [3.8, 4) is 11.5 Å². The Morgan fingerprint density at radius 2 is 2.00 bits per heavy atom. The maximum absolute atomic E-state index is 9.60. The zero-order chi connectivity index (χ0) is 10.1. The fourth-order valence-electron chi connectivity index (χ4n) is 1.49. The van der Waals surface area contributed by atoms with Gasteiger partial charge in [0, 0.05) is 10.8 Å². The van der Waals surface area contributed by atoms with E-state index in [0.717, 1.165) is 5.39 Å². The minimum atomic E-state index is 0.211. The first kappa shape index (κ1) is 9.16. The Morgan fingerprint density at radius 3 is 2.71 bits per heavy atom. The van der Waals surface area contributed by atoms with Gasteiger partial charge in [0.25, 0.3) is 0 Å². The number of phenolic OH excluding ortho intramolecular Hbond substituents is 1. The second kappa shape index (κ2) is 3.39. The van der Waals surface area contributed by atoms with Crippen LogP contribution in [-0.2, 0) is 0 Å². The Bertz CT molecular complexity index is 480. The standard InChI is InChI=1S/C11H9ClO2/c1-14-10-6-5-9(13)7-3-2-4-8(12)11(7)10/h2-6,13H,1H3. The van der Waals surface area contributed by atoms with Crippen LogP contribution in [0.1, 0.15) is 0 Å². The van der Waals surface area contributed by atoms with Crippen molar-refractivity contribution in [2.24, 2.45) is 0 Å². The molecule has 0 saturated heterocycles. The summed E-state index contributed by atoms with van der Waals surface area (Å²) in [5.74, 6) is 0.881. The molecule has 14 heavy (non-hydrogen) atoms. The van der Waals surface area contributed by atoms with Crippen molar-refractivity contribution in [1.82, 2.24) is 0 Å². The van der Waals surface area contributed by atoms with E-state index in [9.17, 15) is 5.11 Å². The lowest BCUT2D eigenvalue weighted by Crippen LogP contribution is -1.85. The number of methoxy groups -OCH3 is 1. The van der Waals surface area contributed by atoms with Crippen molar-refractivity contribution in [1.29, 1.82) is 0 Å². The highest BCUT2D eigenvalue weighted by Gasteiger charge is 2.08. The number of rotatable bonds is 1. The molecule has 0 bridgehead atoms. The number of hydrogen-bond acceptors (Lipinski definition) is 2. The number of hydrogen-bond donors (Lipinski definition) is 1. The number of benzene rings is 2. The molecule has 0 radical (unpaired) electrons. The summed E-state index contributed by atoms with van der Waals surface area (Å²) < 4.78 is 5.17. The fraction of sp³-hybridized carbons (Fsp3) is 0.0909. The van der Waals surface area contributed by atoms with Gasteiger partial charge in [0.15, 0.2) is 0 Å². The molecule has 0 saturated carbocycles. The third-order valence-electron chi connectivity index (χ3n) is 2.15. The molecular weight excluding hydrogens is 200 g/mol. The van der Waals surface area contributed by atoms with Crippen LogP contribution in [0.4, 0.5) is 0 Å². The number of aromatic hydroxyl groups is 1. The van der Waals surface area contributed by atoms with Gasteiger partial charge in [0.2, 0.25) is 0 Å². The minimum Gasteiger partial charge on any atom is -0.507 e. The van der Waals surface area contributed by atoms with Crippen LogP contribution in [-0.4, -0.2) is 12.2 Å². The fourth-order valence-corrected chi connectivity index (χ4v) is 1.75. The topological polar surface area (TPSA) is 29.5 Å². The molecule has 0 heterocycles. The molecule has 0 atom stereocenters. The quantitative estimate of drug-likeness (QED) is 0.780.